The highest BCUT2D eigenvalue weighted by atomic mass is 16.6. The molecule has 0 radical (unpaired) electrons. The van der Waals surface area contributed by atoms with Crippen LogP contribution in [0.1, 0.15) is 31.0 Å². The first-order valence-electron chi connectivity index (χ1n) is 7.86. The fourth-order valence-electron chi connectivity index (χ4n) is 2.31. The Balaban J connectivity index is 2.02. The summed E-state index contributed by atoms with van der Waals surface area (Å²) in [5, 5.41) is 15.8. The van der Waals surface area contributed by atoms with Gasteiger partial charge in [0.2, 0.25) is 0 Å². The zero-order chi connectivity index (χ0) is 18.4. The summed E-state index contributed by atoms with van der Waals surface area (Å²) < 4.78 is 0. The first-order valence-corrected chi connectivity index (χ1v) is 7.86. The van der Waals surface area contributed by atoms with Gasteiger partial charge in [-0.05, 0) is 30.5 Å². The highest BCUT2D eigenvalue weighted by Gasteiger charge is 2.21. The van der Waals surface area contributed by atoms with Crippen LogP contribution in [0.25, 0.3) is 0 Å². The Hall–Kier alpha value is -3.22. The van der Waals surface area contributed by atoms with Crippen LogP contribution in [0.15, 0.2) is 48.5 Å². The van der Waals surface area contributed by atoms with E-state index in [0.29, 0.717) is 0 Å². The molecule has 0 aromatic heterocycles. The lowest BCUT2D eigenvalue weighted by Gasteiger charge is -2.14. The maximum atomic E-state index is 12.0. The van der Waals surface area contributed by atoms with Crippen molar-refractivity contribution in [2.45, 2.75) is 26.3 Å². The van der Waals surface area contributed by atoms with E-state index in [1.54, 1.807) is 13.0 Å². The molecule has 2 N–H and O–H groups in total. The quantitative estimate of drug-likeness (QED) is 0.496. The molecule has 2 aromatic rings. The maximum absolute atomic E-state index is 12.0. The molecule has 0 fully saturated rings. The molecule has 0 saturated carbocycles. The Bertz CT molecular complexity index is 787. The Kier molecular flexibility index (Phi) is 5.84. The van der Waals surface area contributed by atoms with Gasteiger partial charge in [-0.2, -0.15) is 0 Å². The number of amides is 2. The van der Waals surface area contributed by atoms with Crippen LogP contribution in [0.5, 0.6) is 0 Å². The Morgan fingerprint density at radius 3 is 2.32 bits per heavy atom. The van der Waals surface area contributed by atoms with Crippen molar-refractivity contribution in [2.24, 2.45) is 0 Å². The number of anilines is 1. The minimum absolute atomic E-state index is 0.0207. The molecule has 0 heterocycles. The average molecular weight is 341 g/mol. The van der Waals surface area contributed by atoms with Gasteiger partial charge in [0, 0.05) is 6.07 Å². The van der Waals surface area contributed by atoms with Crippen molar-refractivity contribution in [1.82, 2.24) is 5.32 Å². The van der Waals surface area contributed by atoms with Gasteiger partial charge in [0.15, 0.2) is 0 Å². The molecule has 0 aliphatic heterocycles. The smallest absolute Gasteiger partial charge is 0.313 e. The van der Waals surface area contributed by atoms with Gasteiger partial charge in [-0.25, -0.2) is 0 Å². The summed E-state index contributed by atoms with van der Waals surface area (Å²) >= 11 is 0. The maximum Gasteiger partial charge on any atom is 0.313 e. The number of aryl methyl sites for hydroxylation is 1. The lowest BCUT2D eigenvalue weighted by molar-refractivity contribution is -0.383. The van der Waals surface area contributed by atoms with Gasteiger partial charge in [-0.15, -0.1) is 0 Å². The van der Waals surface area contributed by atoms with Crippen LogP contribution in [0, 0.1) is 10.1 Å². The van der Waals surface area contributed by atoms with Gasteiger partial charge in [0.1, 0.15) is 5.69 Å². The number of carbonyl (C=O) groups excluding carboxylic acids is 2. The van der Waals surface area contributed by atoms with Crippen molar-refractivity contribution < 1.29 is 14.5 Å². The zero-order valence-electron chi connectivity index (χ0n) is 14.0. The molecule has 7 nitrogen and oxygen atoms in total. The molecule has 1 unspecified atom stereocenters. The molecule has 2 aromatic carbocycles. The number of carbonyl (C=O) groups is 2. The predicted molar refractivity (Wildman–Crippen MR) is 94.1 cm³/mol. The Labute approximate surface area is 145 Å². The van der Waals surface area contributed by atoms with E-state index in [0.717, 1.165) is 12.0 Å². The lowest BCUT2D eigenvalue weighted by atomic mass is 10.1. The minimum atomic E-state index is -0.952. The van der Waals surface area contributed by atoms with E-state index >= 15 is 0 Å². The molecule has 0 bridgehead atoms. The van der Waals surface area contributed by atoms with Crippen LogP contribution in [0.3, 0.4) is 0 Å². The number of hydrogen-bond acceptors (Lipinski definition) is 4. The third-order valence-corrected chi connectivity index (χ3v) is 3.79. The van der Waals surface area contributed by atoms with E-state index in [1.807, 2.05) is 31.2 Å². The molecule has 7 heteroatoms. The Morgan fingerprint density at radius 1 is 1.08 bits per heavy atom. The molecule has 130 valence electrons. The minimum Gasteiger partial charge on any atom is -0.341 e. The standard InChI is InChI=1S/C18H19N3O4/c1-3-13-8-10-14(11-9-13)12(2)19-17(22)18(23)20-15-6-4-5-7-16(15)21(24)25/h4-12H,3H2,1-2H3,(H,19,22)(H,20,23). The summed E-state index contributed by atoms with van der Waals surface area (Å²) in [4.78, 5) is 34.4. The van der Waals surface area contributed by atoms with Crippen molar-refractivity contribution in [3.8, 4) is 0 Å². The first-order chi connectivity index (χ1) is 11.9. The molecule has 2 amide bonds. The van der Waals surface area contributed by atoms with Gasteiger partial charge < -0.3 is 10.6 Å². The molecule has 1 atom stereocenters. The largest absolute Gasteiger partial charge is 0.341 e. The molecule has 0 spiro atoms. The summed E-state index contributed by atoms with van der Waals surface area (Å²) in [5.74, 6) is -1.81. The van der Waals surface area contributed by atoms with Gasteiger partial charge in [0.05, 0.1) is 11.0 Å². The molecule has 0 aliphatic rings. The van der Waals surface area contributed by atoms with Gasteiger partial charge in [-0.3, -0.25) is 19.7 Å². The second kappa shape index (κ2) is 8.05. The third kappa shape index (κ3) is 4.63. The number of nitrogens with one attached hydrogen (secondary N) is 2. The van der Waals surface area contributed by atoms with Crippen molar-refractivity contribution in [1.29, 1.82) is 0 Å². The van der Waals surface area contributed by atoms with Gasteiger partial charge in [-0.1, -0.05) is 43.3 Å². The van der Waals surface area contributed by atoms with E-state index in [4.69, 9.17) is 0 Å². The van der Waals surface area contributed by atoms with Crippen LogP contribution in [0.4, 0.5) is 11.4 Å². The topological polar surface area (TPSA) is 101 Å². The van der Waals surface area contributed by atoms with E-state index in [-0.39, 0.29) is 17.4 Å². The molecular weight excluding hydrogens is 322 g/mol. The summed E-state index contributed by atoms with van der Waals surface area (Å²) in [6.07, 6.45) is 0.916. The fraction of sp³-hybridized carbons (Fsp3) is 0.222. The van der Waals surface area contributed by atoms with E-state index in [9.17, 15) is 19.7 Å². The summed E-state index contributed by atoms with van der Waals surface area (Å²) in [5.41, 5.74) is 1.75. The van der Waals surface area contributed by atoms with Crippen molar-refractivity contribution >= 4 is 23.2 Å². The van der Waals surface area contributed by atoms with E-state index in [1.165, 1.54) is 23.8 Å². The first kappa shape index (κ1) is 18.1. The SMILES string of the molecule is CCc1ccc(C(C)NC(=O)C(=O)Nc2ccccc2[N+](=O)[O-])cc1. The fourth-order valence-corrected chi connectivity index (χ4v) is 2.31. The van der Waals surface area contributed by atoms with Crippen molar-refractivity contribution in [3.63, 3.8) is 0 Å². The van der Waals surface area contributed by atoms with Crippen LogP contribution >= 0.6 is 0 Å². The number of nitro benzene ring substituents is 1. The Morgan fingerprint density at radius 2 is 1.72 bits per heavy atom. The highest BCUT2D eigenvalue weighted by molar-refractivity contribution is 6.39. The third-order valence-electron chi connectivity index (χ3n) is 3.79. The average Bonchev–Trinajstić information content (AvgIpc) is 2.61. The van der Waals surface area contributed by atoms with Crippen LogP contribution in [-0.4, -0.2) is 16.7 Å². The van der Waals surface area contributed by atoms with Gasteiger partial charge >= 0.3 is 11.8 Å². The van der Waals surface area contributed by atoms with Crippen LogP contribution < -0.4 is 10.6 Å². The van der Waals surface area contributed by atoms with Crippen LogP contribution in [0.2, 0.25) is 0 Å². The number of nitrogens with zero attached hydrogens (tertiary/aromatic N) is 1. The van der Waals surface area contributed by atoms with Crippen molar-refractivity contribution in [3.05, 3.63) is 69.8 Å². The molecule has 25 heavy (non-hydrogen) atoms. The second-order valence-electron chi connectivity index (χ2n) is 5.52. The predicted octanol–water partition coefficient (Wildman–Crippen LogP) is 2.97. The molecule has 2 rings (SSSR count). The zero-order valence-corrected chi connectivity index (χ0v) is 14.0. The van der Waals surface area contributed by atoms with E-state index < -0.39 is 16.7 Å². The summed E-state index contributed by atoms with van der Waals surface area (Å²) in [7, 11) is 0. The monoisotopic (exact) mass is 341 g/mol. The summed E-state index contributed by atoms with van der Waals surface area (Å²) in [6, 6.07) is 13.0. The number of nitro groups is 1. The van der Waals surface area contributed by atoms with Crippen LogP contribution in [-0.2, 0) is 16.0 Å². The number of benzene rings is 2. The van der Waals surface area contributed by atoms with Gasteiger partial charge in [0.25, 0.3) is 5.69 Å². The lowest BCUT2D eigenvalue weighted by Crippen LogP contribution is -2.37. The normalized spacial score (nSPS) is 11.4. The number of para-hydroxylation sites is 2. The second-order valence-corrected chi connectivity index (χ2v) is 5.52. The summed E-state index contributed by atoms with van der Waals surface area (Å²) in [6.45, 7) is 3.81. The molecule has 0 saturated heterocycles. The number of rotatable bonds is 5. The van der Waals surface area contributed by atoms with Crippen molar-refractivity contribution in [2.75, 3.05) is 5.32 Å². The molecular formula is C18H19N3O4. The highest BCUT2D eigenvalue weighted by Crippen LogP contribution is 2.23. The molecule has 0 aliphatic carbocycles. The number of hydrogen-bond donors (Lipinski definition) is 2. The van der Waals surface area contributed by atoms with E-state index in [2.05, 4.69) is 10.6 Å².